The molecule has 1 aliphatic rings. The lowest BCUT2D eigenvalue weighted by Crippen LogP contribution is -2.38. The SMILES string of the molecule is CCCN(CCOS(C)(=O)=O)c1c(C)cc([N+](=O)[O-])cc1S(=O)(=O)N1CCc2c(C#N)cccc2C1. The van der Waals surface area contributed by atoms with E-state index in [0.29, 0.717) is 36.1 Å². The van der Waals surface area contributed by atoms with E-state index in [1.807, 2.05) is 6.92 Å². The van der Waals surface area contributed by atoms with Gasteiger partial charge in [0.05, 0.1) is 35.1 Å². The number of hydrogen-bond donors (Lipinski definition) is 0. The molecule has 0 saturated carbocycles. The van der Waals surface area contributed by atoms with Crippen molar-refractivity contribution in [1.82, 2.24) is 4.31 Å². The van der Waals surface area contributed by atoms with E-state index in [-0.39, 0.29) is 42.5 Å². The molecule has 0 aliphatic carbocycles. The molecule has 11 nitrogen and oxygen atoms in total. The van der Waals surface area contributed by atoms with E-state index in [9.17, 15) is 32.2 Å². The predicted octanol–water partition coefficient (Wildman–Crippen LogP) is 2.71. The van der Waals surface area contributed by atoms with Gasteiger partial charge in [0.1, 0.15) is 4.90 Å². The van der Waals surface area contributed by atoms with Gasteiger partial charge in [-0.1, -0.05) is 19.1 Å². The van der Waals surface area contributed by atoms with Crippen LogP contribution in [0.3, 0.4) is 0 Å². The summed E-state index contributed by atoms with van der Waals surface area (Å²) in [5.41, 5.74) is 2.29. The first kappa shape index (κ1) is 27.5. The number of sulfonamides is 1. The third-order valence-corrected chi connectivity index (χ3v) is 8.35. The average Bonchev–Trinajstić information content (AvgIpc) is 2.81. The van der Waals surface area contributed by atoms with Crippen LogP contribution in [0.4, 0.5) is 11.4 Å². The number of nitro groups is 1. The number of anilines is 1. The highest BCUT2D eigenvalue weighted by molar-refractivity contribution is 7.89. The van der Waals surface area contributed by atoms with Gasteiger partial charge in [0, 0.05) is 38.3 Å². The van der Waals surface area contributed by atoms with Crippen molar-refractivity contribution in [3.05, 3.63) is 62.7 Å². The fraction of sp³-hybridized carbons (Fsp3) is 0.435. The highest BCUT2D eigenvalue weighted by Crippen LogP contribution is 2.37. The Morgan fingerprint density at radius 1 is 1.22 bits per heavy atom. The molecule has 2 aromatic rings. The second-order valence-electron chi connectivity index (χ2n) is 8.52. The van der Waals surface area contributed by atoms with Crippen molar-refractivity contribution in [2.45, 2.75) is 38.1 Å². The Bertz CT molecular complexity index is 1420. The number of nitrogens with zero attached hydrogens (tertiary/aromatic N) is 4. The molecule has 0 unspecified atom stereocenters. The Balaban J connectivity index is 2.09. The van der Waals surface area contributed by atoms with E-state index >= 15 is 0 Å². The fourth-order valence-corrected chi connectivity index (χ4v) is 6.47. The predicted molar refractivity (Wildman–Crippen MR) is 134 cm³/mol. The lowest BCUT2D eigenvalue weighted by atomic mass is 9.96. The van der Waals surface area contributed by atoms with Crippen LogP contribution in [-0.2, 0) is 37.3 Å². The summed E-state index contributed by atoms with van der Waals surface area (Å²) in [6, 6.07) is 9.64. The molecule has 36 heavy (non-hydrogen) atoms. The molecule has 13 heteroatoms. The zero-order chi connectivity index (χ0) is 26.7. The van der Waals surface area contributed by atoms with Crippen LogP contribution in [0.15, 0.2) is 35.2 Å². The number of benzene rings is 2. The second-order valence-corrected chi connectivity index (χ2v) is 12.1. The molecule has 3 rings (SSSR count). The van der Waals surface area contributed by atoms with E-state index < -0.39 is 25.1 Å². The molecule has 0 N–H and O–H groups in total. The number of fused-ring (bicyclic) bond motifs is 1. The molecule has 2 aromatic carbocycles. The Morgan fingerprint density at radius 2 is 1.94 bits per heavy atom. The van der Waals surface area contributed by atoms with Gasteiger partial charge < -0.3 is 4.90 Å². The molecule has 0 saturated heterocycles. The summed E-state index contributed by atoms with van der Waals surface area (Å²) in [7, 11) is -7.91. The standard InChI is InChI=1S/C23H28N4O7S2/c1-4-9-25(11-12-34-35(3,30)31)23-17(2)13-20(27(28)29)14-22(23)36(32,33)26-10-8-21-18(15-24)6-5-7-19(21)16-26/h5-7,13-14H,4,8-12,16H2,1-3H3. The summed E-state index contributed by atoms with van der Waals surface area (Å²) < 4.78 is 56.8. The Hall–Kier alpha value is -3.05. The van der Waals surface area contributed by atoms with Gasteiger partial charge in [0.25, 0.3) is 15.8 Å². The second kappa shape index (κ2) is 10.9. The minimum Gasteiger partial charge on any atom is -0.368 e. The van der Waals surface area contributed by atoms with Crippen LogP contribution in [0.5, 0.6) is 0 Å². The number of rotatable bonds is 10. The van der Waals surface area contributed by atoms with E-state index in [1.165, 1.54) is 10.4 Å². The van der Waals surface area contributed by atoms with Gasteiger partial charge in [0.2, 0.25) is 10.0 Å². The van der Waals surface area contributed by atoms with Crippen LogP contribution < -0.4 is 4.90 Å². The van der Waals surface area contributed by atoms with Crippen molar-refractivity contribution in [2.75, 3.05) is 37.4 Å². The number of nitriles is 1. The van der Waals surface area contributed by atoms with E-state index in [4.69, 9.17) is 4.18 Å². The largest absolute Gasteiger partial charge is 0.368 e. The van der Waals surface area contributed by atoms with E-state index in [2.05, 4.69) is 6.07 Å². The quantitative estimate of drug-likeness (QED) is 0.253. The molecule has 0 fully saturated rings. The molecular weight excluding hydrogens is 508 g/mol. The molecular formula is C23H28N4O7S2. The summed E-state index contributed by atoms with van der Waals surface area (Å²) in [6.45, 7) is 3.85. The minimum absolute atomic E-state index is 0.0271. The number of nitro benzene ring substituents is 1. The summed E-state index contributed by atoms with van der Waals surface area (Å²) in [5, 5.41) is 21.0. The number of non-ortho nitro benzene ring substituents is 1. The molecule has 0 bridgehead atoms. The summed E-state index contributed by atoms with van der Waals surface area (Å²) in [4.78, 5) is 12.4. The maximum absolute atomic E-state index is 13.9. The van der Waals surface area contributed by atoms with Crippen LogP contribution >= 0.6 is 0 Å². The van der Waals surface area contributed by atoms with Crippen molar-refractivity contribution in [2.24, 2.45) is 0 Å². The van der Waals surface area contributed by atoms with Crippen LogP contribution in [0.1, 0.15) is 35.6 Å². The van der Waals surface area contributed by atoms with Crippen molar-refractivity contribution < 1.29 is 25.9 Å². The van der Waals surface area contributed by atoms with Gasteiger partial charge in [-0.05, 0) is 42.5 Å². The normalized spacial score (nSPS) is 14.2. The van der Waals surface area contributed by atoms with Gasteiger partial charge in [-0.3, -0.25) is 14.3 Å². The Morgan fingerprint density at radius 3 is 2.56 bits per heavy atom. The summed E-state index contributed by atoms with van der Waals surface area (Å²) >= 11 is 0. The van der Waals surface area contributed by atoms with Gasteiger partial charge in [0.15, 0.2) is 0 Å². The van der Waals surface area contributed by atoms with Crippen LogP contribution in [0.2, 0.25) is 0 Å². The molecule has 0 atom stereocenters. The van der Waals surface area contributed by atoms with Gasteiger partial charge >= 0.3 is 0 Å². The molecule has 0 spiro atoms. The van der Waals surface area contributed by atoms with Crippen molar-refractivity contribution in [3.63, 3.8) is 0 Å². The Labute approximate surface area is 211 Å². The monoisotopic (exact) mass is 536 g/mol. The average molecular weight is 537 g/mol. The zero-order valence-corrected chi connectivity index (χ0v) is 21.9. The van der Waals surface area contributed by atoms with Crippen molar-refractivity contribution >= 4 is 31.5 Å². The smallest absolute Gasteiger partial charge is 0.271 e. The highest BCUT2D eigenvalue weighted by Gasteiger charge is 2.34. The molecule has 194 valence electrons. The van der Waals surface area contributed by atoms with Crippen LogP contribution in [-0.4, -0.2) is 58.6 Å². The van der Waals surface area contributed by atoms with Gasteiger partial charge in [-0.2, -0.15) is 18.0 Å². The number of hydrogen-bond acceptors (Lipinski definition) is 9. The Kier molecular flexibility index (Phi) is 8.35. The number of aryl methyl sites for hydroxylation is 1. The first-order valence-electron chi connectivity index (χ1n) is 11.3. The lowest BCUT2D eigenvalue weighted by molar-refractivity contribution is -0.385. The van der Waals surface area contributed by atoms with Crippen molar-refractivity contribution in [1.29, 1.82) is 5.26 Å². The maximum atomic E-state index is 13.9. The fourth-order valence-electron chi connectivity index (χ4n) is 4.37. The molecule has 0 radical (unpaired) electrons. The van der Waals surface area contributed by atoms with Crippen LogP contribution in [0, 0.1) is 28.4 Å². The summed E-state index contributed by atoms with van der Waals surface area (Å²) in [5.74, 6) is 0. The topological polar surface area (TPSA) is 151 Å². The minimum atomic E-state index is -4.21. The van der Waals surface area contributed by atoms with E-state index in [0.717, 1.165) is 17.9 Å². The van der Waals surface area contributed by atoms with Crippen molar-refractivity contribution in [3.8, 4) is 6.07 Å². The maximum Gasteiger partial charge on any atom is 0.271 e. The first-order valence-corrected chi connectivity index (χ1v) is 14.5. The zero-order valence-electron chi connectivity index (χ0n) is 20.3. The summed E-state index contributed by atoms with van der Waals surface area (Å²) in [6.07, 6.45) is 1.88. The molecule has 1 heterocycles. The highest BCUT2D eigenvalue weighted by atomic mass is 32.2. The third kappa shape index (κ3) is 6.01. The van der Waals surface area contributed by atoms with Gasteiger partial charge in [-0.15, -0.1) is 0 Å². The van der Waals surface area contributed by atoms with E-state index in [1.54, 1.807) is 30.0 Å². The first-order chi connectivity index (χ1) is 16.9. The third-order valence-electron chi connectivity index (χ3n) is 5.90. The van der Waals surface area contributed by atoms with Gasteiger partial charge in [-0.25, -0.2) is 8.42 Å². The molecule has 0 aromatic heterocycles. The molecule has 0 amide bonds. The van der Waals surface area contributed by atoms with Crippen LogP contribution in [0.25, 0.3) is 0 Å². The molecule has 1 aliphatic heterocycles. The lowest BCUT2D eigenvalue weighted by Gasteiger charge is -2.32.